The smallest absolute Gasteiger partial charge is 0.121 e. The average molecular weight is 410 g/mol. The minimum absolute atomic E-state index is 0. The summed E-state index contributed by atoms with van der Waals surface area (Å²) in [6, 6.07) is 8.17. The van der Waals surface area contributed by atoms with Crippen molar-refractivity contribution in [1.29, 1.82) is 0 Å². The largest absolute Gasteiger partial charge is 0.494 e. The molecule has 0 atom stereocenters. The fourth-order valence-corrected chi connectivity index (χ4v) is 3.28. The molecule has 1 aromatic carbocycles. The lowest BCUT2D eigenvalue weighted by molar-refractivity contribution is 0.304. The summed E-state index contributed by atoms with van der Waals surface area (Å²) in [4.78, 5) is 0. The molecule has 0 radical (unpaired) electrons. The van der Waals surface area contributed by atoms with Crippen LogP contribution in [0.25, 0.3) is 0 Å². The van der Waals surface area contributed by atoms with E-state index in [0.717, 1.165) is 24.5 Å². The summed E-state index contributed by atoms with van der Waals surface area (Å²) < 4.78 is 5.82. The van der Waals surface area contributed by atoms with E-state index in [1.54, 1.807) is 0 Å². The molecule has 3 heteroatoms. The van der Waals surface area contributed by atoms with E-state index in [0.29, 0.717) is 0 Å². The zero-order valence-electron chi connectivity index (χ0n) is 18.4. The molecule has 0 saturated carbocycles. The molecule has 0 heterocycles. The first kappa shape index (κ1) is 26.9. The molecule has 0 spiro atoms. The lowest BCUT2D eigenvalue weighted by atomic mass is 10.1. The van der Waals surface area contributed by atoms with Crippen LogP contribution in [-0.2, 0) is 0 Å². The van der Waals surface area contributed by atoms with Gasteiger partial charge in [0, 0.05) is 18.8 Å². The van der Waals surface area contributed by atoms with E-state index in [-0.39, 0.29) is 12.4 Å². The van der Waals surface area contributed by atoms with Gasteiger partial charge in [0.25, 0.3) is 0 Å². The van der Waals surface area contributed by atoms with Crippen LogP contribution in [0.4, 0.5) is 5.69 Å². The third-order valence-corrected chi connectivity index (χ3v) is 5.05. The summed E-state index contributed by atoms with van der Waals surface area (Å²) in [5.74, 6) is 0.967. The molecule has 1 N–H and O–H groups in total. The summed E-state index contributed by atoms with van der Waals surface area (Å²) in [7, 11) is 1.94. The highest BCUT2D eigenvalue weighted by atomic mass is 35.5. The van der Waals surface area contributed by atoms with Crippen LogP contribution in [0.1, 0.15) is 96.8 Å². The highest BCUT2D eigenvalue weighted by molar-refractivity contribution is 5.85. The van der Waals surface area contributed by atoms with Crippen molar-refractivity contribution in [1.82, 2.24) is 0 Å². The molecule has 2 nitrogen and oxygen atoms in total. The van der Waals surface area contributed by atoms with Gasteiger partial charge in [-0.15, -0.1) is 12.4 Å². The molecular weight excluding hydrogens is 366 g/mol. The van der Waals surface area contributed by atoms with E-state index in [4.69, 9.17) is 4.74 Å². The van der Waals surface area contributed by atoms with Crippen molar-refractivity contribution in [2.24, 2.45) is 0 Å². The maximum Gasteiger partial charge on any atom is 0.121 e. The van der Waals surface area contributed by atoms with Crippen molar-refractivity contribution >= 4 is 18.1 Å². The first-order chi connectivity index (χ1) is 13.4. The van der Waals surface area contributed by atoms with Gasteiger partial charge >= 0.3 is 0 Å². The molecule has 1 rings (SSSR count). The quantitative estimate of drug-likeness (QED) is 0.193. The number of hydrogen-bond donors (Lipinski definition) is 1. The Labute approximate surface area is 180 Å². The highest BCUT2D eigenvalue weighted by Gasteiger charge is 1.96. The molecule has 0 saturated heterocycles. The average Bonchev–Trinajstić information content (AvgIpc) is 2.70. The summed E-state index contributed by atoms with van der Waals surface area (Å²) in [5.41, 5.74) is 1.11. The predicted octanol–water partition coefficient (Wildman–Crippen LogP) is 8.57. The van der Waals surface area contributed by atoms with E-state index in [9.17, 15) is 0 Å². The van der Waals surface area contributed by atoms with Crippen molar-refractivity contribution in [3.05, 3.63) is 36.4 Å². The van der Waals surface area contributed by atoms with Crippen LogP contribution >= 0.6 is 12.4 Å². The second kappa shape index (κ2) is 20.6. The van der Waals surface area contributed by atoms with Gasteiger partial charge in [0.15, 0.2) is 0 Å². The Morgan fingerprint density at radius 2 is 1.36 bits per heavy atom. The Morgan fingerprint density at radius 3 is 1.96 bits per heavy atom. The van der Waals surface area contributed by atoms with E-state index in [1.165, 1.54) is 83.5 Å². The Bertz CT molecular complexity index is 475. The monoisotopic (exact) mass is 409 g/mol. The molecule has 0 aliphatic heterocycles. The third kappa shape index (κ3) is 15.9. The normalized spacial score (nSPS) is 10.8. The predicted molar refractivity (Wildman–Crippen MR) is 128 cm³/mol. The molecule has 0 aliphatic carbocycles. The Kier molecular flexibility index (Phi) is 19.7. The lowest BCUT2D eigenvalue weighted by Crippen LogP contribution is -1.98. The molecule has 28 heavy (non-hydrogen) atoms. The number of ether oxygens (including phenoxy) is 1. The third-order valence-electron chi connectivity index (χ3n) is 5.05. The van der Waals surface area contributed by atoms with Crippen molar-refractivity contribution in [2.75, 3.05) is 19.0 Å². The number of anilines is 1. The molecule has 0 fully saturated rings. The van der Waals surface area contributed by atoms with E-state index < -0.39 is 0 Å². The summed E-state index contributed by atoms with van der Waals surface area (Å²) >= 11 is 0. The highest BCUT2D eigenvalue weighted by Crippen LogP contribution is 2.17. The second-order valence-corrected chi connectivity index (χ2v) is 7.56. The maximum atomic E-state index is 5.82. The lowest BCUT2D eigenvalue weighted by Gasteiger charge is -2.07. The first-order valence-corrected chi connectivity index (χ1v) is 11.4. The number of allylic oxidation sites excluding steroid dienone is 2. The number of hydrogen-bond acceptors (Lipinski definition) is 2. The van der Waals surface area contributed by atoms with Crippen LogP contribution in [0, 0.1) is 0 Å². The van der Waals surface area contributed by atoms with Crippen molar-refractivity contribution in [2.45, 2.75) is 96.8 Å². The molecule has 0 bridgehead atoms. The van der Waals surface area contributed by atoms with Crippen molar-refractivity contribution in [3.8, 4) is 5.75 Å². The van der Waals surface area contributed by atoms with Gasteiger partial charge in [0.1, 0.15) is 5.75 Å². The fourth-order valence-electron chi connectivity index (χ4n) is 3.28. The van der Waals surface area contributed by atoms with Gasteiger partial charge in [-0.05, 0) is 44.2 Å². The molecule has 162 valence electrons. The fraction of sp³-hybridized carbons (Fsp3) is 0.680. The van der Waals surface area contributed by atoms with Crippen LogP contribution in [0.5, 0.6) is 5.75 Å². The van der Waals surface area contributed by atoms with Crippen LogP contribution in [0.2, 0.25) is 0 Å². The number of nitrogens with one attached hydrogen (secondary N) is 1. The maximum absolute atomic E-state index is 5.82. The van der Waals surface area contributed by atoms with Gasteiger partial charge in [-0.3, -0.25) is 0 Å². The van der Waals surface area contributed by atoms with Crippen LogP contribution in [0.3, 0.4) is 0 Å². The summed E-state index contributed by atoms with van der Waals surface area (Å²) in [5, 5.41) is 3.14. The van der Waals surface area contributed by atoms with Crippen molar-refractivity contribution in [3.63, 3.8) is 0 Å². The minimum Gasteiger partial charge on any atom is -0.494 e. The molecule has 0 unspecified atom stereocenters. The Hall–Kier alpha value is -1.15. The van der Waals surface area contributed by atoms with E-state index in [1.807, 2.05) is 19.2 Å². The zero-order valence-corrected chi connectivity index (χ0v) is 19.2. The van der Waals surface area contributed by atoms with Crippen LogP contribution < -0.4 is 10.1 Å². The van der Waals surface area contributed by atoms with Gasteiger partial charge in [-0.25, -0.2) is 0 Å². The molecule has 0 aliphatic rings. The van der Waals surface area contributed by atoms with Gasteiger partial charge in [0.2, 0.25) is 0 Å². The zero-order chi connectivity index (χ0) is 19.4. The van der Waals surface area contributed by atoms with Crippen LogP contribution in [0.15, 0.2) is 36.4 Å². The standard InChI is InChI=1S/C25H43NO.ClH/c1-3-4-5-6-7-8-9-10-11-12-13-14-15-16-17-18-22-27-25-21-19-20-24(23-25)26-2;/h10-11,19-21,23,26H,3-9,12-18,22H2,1-2H3;1H/b11-10+;. The topological polar surface area (TPSA) is 21.3 Å². The van der Waals surface area contributed by atoms with Gasteiger partial charge in [0.05, 0.1) is 6.61 Å². The molecule has 0 aromatic heterocycles. The number of unbranched alkanes of at least 4 members (excludes halogenated alkanes) is 12. The Balaban J connectivity index is 0.00000729. The summed E-state index contributed by atoms with van der Waals surface area (Å²) in [6.07, 6.45) is 23.6. The van der Waals surface area contributed by atoms with Crippen molar-refractivity contribution < 1.29 is 4.74 Å². The minimum atomic E-state index is 0. The molecular formula is C25H44ClNO. The number of halogens is 1. The molecule has 0 amide bonds. The second-order valence-electron chi connectivity index (χ2n) is 7.56. The number of benzene rings is 1. The van der Waals surface area contributed by atoms with E-state index >= 15 is 0 Å². The van der Waals surface area contributed by atoms with Gasteiger partial charge in [-0.1, -0.05) is 82.9 Å². The molecule has 1 aromatic rings. The van der Waals surface area contributed by atoms with Crippen LogP contribution in [-0.4, -0.2) is 13.7 Å². The first-order valence-electron chi connectivity index (χ1n) is 11.4. The SMILES string of the molecule is CCCCCCCC/C=C/CCCCCCCCOc1cccc(NC)c1.Cl. The number of rotatable bonds is 18. The Morgan fingerprint density at radius 1 is 0.786 bits per heavy atom. The summed E-state index contributed by atoms with van der Waals surface area (Å²) in [6.45, 7) is 3.11. The van der Waals surface area contributed by atoms with E-state index in [2.05, 4.69) is 36.5 Å². The van der Waals surface area contributed by atoms with Gasteiger partial charge in [-0.2, -0.15) is 0 Å². The van der Waals surface area contributed by atoms with Gasteiger partial charge < -0.3 is 10.1 Å².